The minimum absolute atomic E-state index is 0.112. The molecule has 1 fully saturated rings. The molecule has 0 spiro atoms. The van der Waals surface area contributed by atoms with Crippen molar-refractivity contribution in [2.45, 2.75) is 32.1 Å². The first-order valence-corrected chi connectivity index (χ1v) is 8.55. The van der Waals surface area contributed by atoms with Crippen LogP contribution in [0.5, 0.6) is 5.75 Å². The van der Waals surface area contributed by atoms with Gasteiger partial charge in [0.25, 0.3) is 0 Å². The van der Waals surface area contributed by atoms with E-state index >= 15 is 0 Å². The number of anilines is 1. The molecule has 1 aliphatic carbocycles. The SMILES string of the molecule is COc1ccccc1-c1csc(NC(=O)C2CCCCC2)n1. The van der Waals surface area contributed by atoms with Gasteiger partial charge in [0, 0.05) is 16.9 Å². The Balaban J connectivity index is 1.72. The molecule has 116 valence electrons. The number of hydrogen-bond donors (Lipinski definition) is 1. The van der Waals surface area contributed by atoms with E-state index in [0.29, 0.717) is 5.13 Å². The Labute approximate surface area is 134 Å². The van der Waals surface area contributed by atoms with Crippen LogP contribution in [0.3, 0.4) is 0 Å². The topological polar surface area (TPSA) is 51.2 Å². The van der Waals surface area contributed by atoms with Crippen LogP contribution in [-0.4, -0.2) is 18.0 Å². The first kappa shape index (κ1) is 15.0. The quantitative estimate of drug-likeness (QED) is 0.913. The third-order valence-corrected chi connectivity index (χ3v) is 4.85. The maximum absolute atomic E-state index is 12.3. The summed E-state index contributed by atoms with van der Waals surface area (Å²) >= 11 is 1.46. The molecule has 1 aromatic heterocycles. The fraction of sp³-hybridized carbons (Fsp3) is 0.412. The van der Waals surface area contributed by atoms with Gasteiger partial charge in [-0.15, -0.1) is 11.3 Å². The summed E-state index contributed by atoms with van der Waals surface area (Å²) in [5.41, 5.74) is 1.78. The van der Waals surface area contributed by atoms with Gasteiger partial charge in [0.05, 0.1) is 12.8 Å². The van der Waals surface area contributed by atoms with Crippen molar-refractivity contribution in [3.05, 3.63) is 29.6 Å². The molecule has 22 heavy (non-hydrogen) atoms. The first-order valence-electron chi connectivity index (χ1n) is 7.67. The highest BCUT2D eigenvalue weighted by atomic mass is 32.1. The van der Waals surface area contributed by atoms with Crippen molar-refractivity contribution < 1.29 is 9.53 Å². The number of aromatic nitrogens is 1. The molecule has 3 rings (SSSR count). The predicted octanol–water partition coefficient (Wildman–Crippen LogP) is 4.34. The lowest BCUT2D eigenvalue weighted by Crippen LogP contribution is -2.24. The molecule has 0 radical (unpaired) electrons. The number of ether oxygens (including phenoxy) is 1. The van der Waals surface area contributed by atoms with Crippen LogP contribution < -0.4 is 10.1 Å². The molecule has 0 atom stereocenters. The Morgan fingerprint density at radius 3 is 2.82 bits per heavy atom. The van der Waals surface area contributed by atoms with Crippen molar-refractivity contribution in [1.82, 2.24) is 4.98 Å². The summed E-state index contributed by atoms with van der Waals surface area (Å²) in [5, 5.41) is 5.58. The van der Waals surface area contributed by atoms with Gasteiger partial charge >= 0.3 is 0 Å². The number of hydrogen-bond acceptors (Lipinski definition) is 4. The van der Waals surface area contributed by atoms with Crippen LogP contribution in [0.1, 0.15) is 32.1 Å². The highest BCUT2D eigenvalue weighted by Gasteiger charge is 2.22. The lowest BCUT2D eigenvalue weighted by atomic mass is 9.89. The van der Waals surface area contributed by atoms with Crippen molar-refractivity contribution >= 4 is 22.4 Å². The van der Waals surface area contributed by atoms with Crippen LogP contribution >= 0.6 is 11.3 Å². The van der Waals surface area contributed by atoms with Gasteiger partial charge in [-0.1, -0.05) is 31.4 Å². The number of methoxy groups -OCH3 is 1. The van der Waals surface area contributed by atoms with E-state index in [1.54, 1.807) is 7.11 Å². The summed E-state index contributed by atoms with van der Waals surface area (Å²) in [6, 6.07) is 7.77. The van der Waals surface area contributed by atoms with E-state index in [4.69, 9.17) is 4.74 Å². The minimum Gasteiger partial charge on any atom is -0.496 e. The standard InChI is InChI=1S/C17H20N2O2S/c1-21-15-10-6-5-9-13(15)14-11-22-17(18-14)19-16(20)12-7-3-2-4-8-12/h5-6,9-12H,2-4,7-8H2,1H3,(H,18,19,20). The van der Waals surface area contributed by atoms with E-state index in [1.165, 1.54) is 17.8 Å². The van der Waals surface area contributed by atoms with Gasteiger partial charge in [-0.05, 0) is 25.0 Å². The highest BCUT2D eigenvalue weighted by molar-refractivity contribution is 7.14. The van der Waals surface area contributed by atoms with E-state index in [-0.39, 0.29) is 11.8 Å². The largest absolute Gasteiger partial charge is 0.496 e. The number of rotatable bonds is 4. The van der Waals surface area contributed by atoms with E-state index in [2.05, 4.69) is 10.3 Å². The first-order chi connectivity index (χ1) is 10.8. The molecule has 5 heteroatoms. The van der Waals surface area contributed by atoms with Crippen molar-refractivity contribution in [1.29, 1.82) is 0 Å². The number of amides is 1. The van der Waals surface area contributed by atoms with Crippen LogP contribution in [0.4, 0.5) is 5.13 Å². The summed E-state index contributed by atoms with van der Waals surface area (Å²) in [7, 11) is 1.65. The van der Waals surface area contributed by atoms with E-state index < -0.39 is 0 Å². The molecular weight excluding hydrogens is 296 g/mol. The van der Waals surface area contributed by atoms with Crippen molar-refractivity contribution in [2.24, 2.45) is 5.92 Å². The molecule has 2 aromatic rings. The Morgan fingerprint density at radius 2 is 2.05 bits per heavy atom. The molecule has 0 aliphatic heterocycles. The molecule has 1 N–H and O–H groups in total. The number of nitrogens with one attached hydrogen (secondary N) is 1. The van der Waals surface area contributed by atoms with Crippen LogP contribution in [0, 0.1) is 5.92 Å². The Morgan fingerprint density at radius 1 is 1.27 bits per heavy atom. The summed E-state index contributed by atoms with van der Waals surface area (Å²) < 4.78 is 5.36. The van der Waals surface area contributed by atoms with Gasteiger partial charge in [-0.2, -0.15) is 0 Å². The zero-order valence-corrected chi connectivity index (χ0v) is 13.5. The molecule has 4 nitrogen and oxygen atoms in total. The van der Waals surface area contributed by atoms with Gasteiger partial charge in [0.15, 0.2) is 5.13 Å². The zero-order valence-electron chi connectivity index (χ0n) is 12.7. The third kappa shape index (κ3) is 3.30. The second-order valence-corrected chi connectivity index (χ2v) is 6.42. The number of benzene rings is 1. The molecule has 1 saturated carbocycles. The molecule has 0 saturated heterocycles. The second-order valence-electron chi connectivity index (χ2n) is 5.56. The average molecular weight is 316 g/mol. The smallest absolute Gasteiger partial charge is 0.229 e. The molecule has 1 aromatic carbocycles. The lowest BCUT2D eigenvalue weighted by molar-refractivity contribution is -0.120. The number of nitrogens with zero attached hydrogens (tertiary/aromatic N) is 1. The number of carbonyl (C=O) groups is 1. The van der Waals surface area contributed by atoms with E-state index in [1.807, 2.05) is 29.6 Å². The molecule has 1 amide bonds. The Hall–Kier alpha value is -1.88. The predicted molar refractivity (Wildman–Crippen MR) is 89.3 cm³/mol. The van der Waals surface area contributed by atoms with Gasteiger partial charge in [0.1, 0.15) is 5.75 Å². The number of thiazole rings is 1. The van der Waals surface area contributed by atoms with Crippen molar-refractivity contribution in [3.8, 4) is 17.0 Å². The van der Waals surface area contributed by atoms with Crippen LogP contribution in [-0.2, 0) is 4.79 Å². The number of para-hydroxylation sites is 1. The molecule has 1 heterocycles. The maximum atomic E-state index is 12.3. The van der Waals surface area contributed by atoms with Gasteiger partial charge in [-0.3, -0.25) is 4.79 Å². The minimum atomic E-state index is 0.112. The lowest BCUT2D eigenvalue weighted by Gasteiger charge is -2.19. The number of carbonyl (C=O) groups excluding carboxylic acids is 1. The molecular formula is C17H20N2O2S. The summed E-state index contributed by atoms with van der Waals surface area (Å²) in [5.74, 6) is 1.05. The fourth-order valence-electron chi connectivity index (χ4n) is 2.88. The zero-order chi connectivity index (χ0) is 15.4. The molecule has 0 bridgehead atoms. The molecule has 0 unspecified atom stereocenters. The Kier molecular flexibility index (Phi) is 4.73. The van der Waals surface area contributed by atoms with E-state index in [0.717, 1.165) is 42.7 Å². The van der Waals surface area contributed by atoms with E-state index in [9.17, 15) is 4.79 Å². The fourth-order valence-corrected chi connectivity index (χ4v) is 3.60. The van der Waals surface area contributed by atoms with Gasteiger partial charge in [0.2, 0.25) is 5.91 Å². The van der Waals surface area contributed by atoms with Gasteiger partial charge < -0.3 is 10.1 Å². The summed E-state index contributed by atoms with van der Waals surface area (Å²) in [6.07, 6.45) is 5.55. The highest BCUT2D eigenvalue weighted by Crippen LogP contribution is 2.32. The molecule has 1 aliphatic rings. The second kappa shape index (κ2) is 6.92. The van der Waals surface area contributed by atoms with Crippen molar-refractivity contribution in [3.63, 3.8) is 0 Å². The normalized spacial score (nSPS) is 15.5. The summed E-state index contributed by atoms with van der Waals surface area (Å²) in [6.45, 7) is 0. The average Bonchev–Trinajstić information content (AvgIpc) is 3.04. The summed E-state index contributed by atoms with van der Waals surface area (Å²) in [4.78, 5) is 16.8. The monoisotopic (exact) mass is 316 g/mol. The third-order valence-electron chi connectivity index (χ3n) is 4.09. The van der Waals surface area contributed by atoms with Crippen LogP contribution in [0.15, 0.2) is 29.6 Å². The van der Waals surface area contributed by atoms with Crippen LogP contribution in [0.25, 0.3) is 11.3 Å². The van der Waals surface area contributed by atoms with Crippen molar-refractivity contribution in [2.75, 3.05) is 12.4 Å². The van der Waals surface area contributed by atoms with Gasteiger partial charge in [-0.25, -0.2) is 4.98 Å². The maximum Gasteiger partial charge on any atom is 0.229 e. The van der Waals surface area contributed by atoms with Crippen LogP contribution in [0.2, 0.25) is 0 Å². The Bertz CT molecular complexity index is 648.